The lowest BCUT2D eigenvalue weighted by molar-refractivity contribution is -0.0973. The molecule has 3 heteroatoms. The molecule has 0 heterocycles. The van der Waals surface area contributed by atoms with Crippen molar-refractivity contribution in [2.75, 3.05) is 20.3 Å². The minimum atomic E-state index is -0.405. The highest BCUT2D eigenvalue weighted by Crippen LogP contribution is 2.04. The third kappa shape index (κ3) is 4.74. The van der Waals surface area contributed by atoms with E-state index in [1.165, 1.54) is 0 Å². The molecule has 0 amide bonds. The molecule has 0 aliphatic heterocycles. The molecule has 1 rings (SSSR count). The van der Waals surface area contributed by atoms with Gasteiger partial charge in [0.15, 0.2) is 6.29 Å². The van der Waals surface area contributed by atoms with Crippen LogP contribution in [0, 0.1) is 0 Å². The number of benzene rings is 1. The minimum Gasteiger partial charge on any atom is -0.394 e. The molecule has 15 heavy (non-hydrogen) atoms. The summed E-state index contributed by atoms with van der Waals surface area (Å²) in [6.07, 6.45) is 3.33. The van der Waals surface area contributed by atoms with Gasteiger partial charge in [-0.3, -0.25) is 0 Å². The van der Waals surface area contributed by atoms with Gasteiger partial charge < -0.3 is 14.6 Å². The second-order valence-corrected chi connectivity index (χ2v) is 2.97. The van der Waals surface area contributed by atoms with Gasteiger partial charge in [0.25, 0.3) is 0 Å². The van der Waals surface area contributed by atoms with Gasteiger partial charge in [0, 0.05) is 7.11 Å². The average Bonchev–Trinajstić information content (AvgIpc) is 2.31. The van der Waals surface area contributed by atoms with E-state index >= 15 is 0 Å². The zero-order valence-corrected chi connectivity index (χ0v) is 8.80. The summed E-state index contributed by atoms with van der Waals surface area (Å²) in [5, 5.41) is 8.59. The minimum absolute atomic E-state index is 0.000955. The Morgan fingerprint density at radius 1 is 1.33 bits per heavy atom. The van der Waals surface area contributed by atoms with E-state index in [0.717, 1.165) is 5.56 Å². The summed E-state index contributed by atoms with van der Waals surface area (Å²) < 4.78 is 10.3. The predicted molar refractivity (Wildman–Crippen MR) is 59.3 cm³/mol. The molecular formula is C12H16O3. The Balaban J connectivity index is 2.47. The highest BCUT2D eigenvalue weighted by molar-refractivity contribution is 5.48. The van der Waals surface area contributed by atoms with Gasteiger partial charge in [0.2, 0.25) is 0 Å². The zero-order valence-electron chi connectivity index (χ0n) is 8.80. The first-order valence-corrected chi connectivity index (χ1v) is 4.85. The molecular weight excluding hydrogens is 192 g/mol. The molecule has 0 radical (unpaired) electrons. The van der Waals surface area contributed by atoms with Gasteiger partial charge in [0.1, 0.15) is 0 Å². The standard InChI is InChI=1S/C12H16O3/c1-14-12(15-10-9-13)8-7-11-5-3-2-4-6-11/h2-8,12-13H,9-10H2,1H3. The molecule has 0 saturated heterocycles. The normalized spacial score (nSPS) is 13.2. The van der Waals surface area contributed by atoms with Crippen LogP contribution < -0.4 is 0 Å². The van der Waals surface area contributed by atoms with Crippen LogP contribution in [0.1, 0.15) is 5.56 Å². The van der Waals surface area contributed by atoms with E-state index in [2.05, 4.69) is 0 Å². The number of methoxy groups -OCH3 is 1. The summed E-state index contributed by atoms with van der Waals surface area (Å²) in [6, 6.07) is 9.89. The van der Waals surface area contributed by atoms with Crippen molar-refractivity contribution in [2.24, 2.45) is 0 Å². The fourth-order valence-electron chi connectivity index (χ4n) is 1.12. The first-order chi connectivity index (χ1) is 7.36. The molecule has 1 aromatic rings. The number of aliphatic hydroxyl groups is 1. The fraction of sp³-hybridized carbons (Fsp3) is 0.333. The second-order valence-electron chi connectivity index (χ2n) is 2.97. The van der Waals surface area contributed by atoms with E-state index in [1.807, 2.05) is 42.5 Å². The van der Waals surface area contributed by atoms with Gasteiger partial charge in [-0.2, -0.15) is 0 Å². The Morgan fingerprint density at radius 3 is 2.67 bits per heavy atom. The molecule has 1 N–H and O–H groups in total. The lowest BCUT2D eigenvalue weighted by Crippen LogP contribution is -2.14. The van der Waals surface area contributed by atoms with Crippen molar-refractivity contribution in [1.82, 2.24) is 0 Å². The molecule has 0 aromatic heterocycles. The van der Waals surface area contributed by atoms with Crippen LogP contribution in [0.5, 0.6) is 0 Å². The van der Waals surface area contributed by atoms with Crippen molar-refractivity contribution >= 4 is 6.08 Å². The van der Waals surface area contributed by atoms with Crippen LogP contribution in [0.2, 0.25) is 0 Å². The monoisotopic (exact) mass is 208 g/mol. The van der Waals surface area contributed by atoms with Crippen molar-refractivity contribution in [2.45, 2.75) is 6.29 Å². The van der Waals surface area contributed by atoms with Crippen molar-refractivity contribution in [3.05, 3.63) is 42.0 Å². The molecule has 1 unspecified atom stereocenters. The Hall–Kier alpha value is -1.16. The number of hydrogen-bond donors (Lipinski definition) is 1. The van der Waals surface area contributed by atoms with Crippen molar-refractivity contribution in [3.8, 4) is 0 Å². The van der Waals surface area contributed by atoms with E-state index in [0.29, 0.717) is 0 Å². The SMILES string of the molecule is COC(C=Cc1ccccc1)OCCO. The Kier molecular flexibility index (Phi) is 5.70. The summed E-state index contributed by atoms with van der Waals surface area (Å²) in [7, 11) is 1.57. The van der Waals surface area contributed by atoms with Crippen molar-refractivity contribution < 1.29 is 14.6 Å². The number of rotatable bonds is 6. The quantitative estimate of drug-likeness (QED) is 0.723. The third-order valence-electron chi connectivity index (χ3n) is 1.85. The fourth-order valence-corrected chi connectivity index (χ4v) is 1.12. The van der Waals surface area contributed by atoms with Gasteiger partial charge in [-0.1, -0.05) is 36.4 Å². The van der Waals surface area contributed by atoms with Crippen LogP contribution in [-0.2, 0) is 9.47 Å². The largest absolute Gasteiger partial charge is 0.394 e. The van der Waals surface area contributed by atoms with Crippen molar-refractivity contribution in [1.29, 1.82) is 0 Å². The molecule has 82 valence electrons. The maximum Gasteiger partial charge on any atom is 0.176 e. The van der Waals surface area contributed by atoms with Gasteiger partial charge in [-0.25, -0.2) is 0 Å². The Bertz CT molecular complexity index is 282. The average molecular weight is 208 g/mol. The lowest BCUT2D eigenvalue weighted by atomic mass is 10.2. The van der Waals surface area contributed by atoms with E-state index in [-0.39, 0.29) is 13.2 Å². The maximum absolute atomic E-state index is 8.59. The van der Waals surface area contributed by atoms with E-state index in [4.69, 9.17) is 14.6 Å². The summed E-state index contributed by atoms with van der Waals surface area (Å²) in [6.45, 7) is 0.274. The van der Waals surface area contributed by atoms with Crippen LogP contribution in [0.15, 0.2) is 36.4 Å². The zero-order chi connectivity index (χ0) is 10.9. The number of ether oxygens (including phenoxy) is 2. The topological polar surface area (TPSA) is 38.7 Å². The molecule has 1 atom stereocenters. The van der Waals surface area contributed by atoms with E-state index < -0.39 is 6.29 Å². The van der Waals surface area contributed by atoms with Gasteiger partial charge in [-0.15, -0.1) is 0 Å². The summed E-state index contributed by atoms with van der Waals surface area (Å²) in [5.41, 5.74) is 1.09. The molecule has 0 aliphatic rings. The smallest absolute Gasteiger partial charge is 0.176 e. The molecule has 1 aromatic carbocycles. The van der Waals surface area contributed by atoms with Crippen LogP contribution in [0.3, 0.4) is 0 Å². The highest BCUT2D eigenvalue weighted by atomic mass is 16.7. The van der Waals surface area contributed by atoms with Gasteiger partial charge in [-0.05, 0) is 11.6 Å². The van der Waals surface area contributed by atoms with Gasteiger partial charge in [0.05, 0.1) is 13.2 Å². The summed E-state index contributed by atoms with van der Waals surface area (Å²) >= 11 is 0. The predicted octanol–water partition coefficient (Wildman–Crippen LogP) is 1.68. The molecule has 0 aliphatic carbocycles. The van der Waals surface area contributed by atoms with Crippen LogP contribution in [-0.4, -0.2) is 31.7 Å². The molecule has 0 spiro atoms. The Morgan fingerprint density at radius 2 is 2.07 bits per heavy atom. The van der Waals surface area contributed by atoms with E-state index in [9.17, 15) is 0 Å². The molecule has 0 saturated carbocycles. The summed E-state index contributed by atoms with van der Waals surface area (Å²) in [5.74, 6) is 0. The second kappa shape index (κ2) is 7.17. The van der Waals surface area contributed by atoms with Gasteiger partial charge >= 0.3 is 0 Å². The first kappa shape index (κ1) is 11.9. The van der Waals surface area contributed by atoms with Crippen LogP contribution in [0.25, 0.3) is 6.08 Å². The highest BCUT2D eigenvalue weighted by Gasteiger charge is 2.00. The molecule has 0 bridgehead atoms. The maximum atomic E-state index is 8.59. The van der Waals surface area contributed by atoms with Crippen LogP contribution >= 0.6 is 0 Å². The van der Waals surface area contributed by atoms with Crippen molar-refractivity contribution in [3.63, 3.8) is 0 Å². The summed E-state index contributed by atoms with van der Waals surface area (Å²) in [4.78, 5) is 0. The van der Waals surface area contributed by atoms with Crippen LogP contribution in [0.4, 0.5) is 0 Å². The lowest BCUT2D eigenvalue weighted by Gasteiger charge is -2.10. The Labute approximate surface area is 90.0 Å². The first-order valence-electron chi connectivity index (χ1n) is 4.85. The van der Waals surface area contributed by atoms with E-state index in [1.54, 1.807) is 7.11 Å². The number of aliphatic hydroxyl groups excluding tert-OH is 1. The third-order valence-corrected chi connectivity index (χ3v) is 1.85. The molecule has 0 fully saturated rings. The number of hydrogen-bond acceptors (Lipinski definition) is 3. The molecule has 3 nitrogen and oxygen atoms in total.